The van der Waals surface area contributed by atoms with Crippen LogP contribution in [0.5, 0.6) is 5.75 Å². The first-order chi connectivity index (χ1) is 11.6. The van der Waals surface area contributed by atoms with Crippen molar-refractivity contribution in [1.29, 1.82) is 0 Å². The Hall–Kier alpha value is -1.90. The molecule has 1 atom stereocenters. The minimum atomic E-state index is -3.86. The molecule has 0 aliphatic carbocycles. The third kappa shape index (κ3) is 3.29. The molecule has 0 saturated carbocycles. The molecular weight excluding hydrogens is 362 g/mol. The van der Waals surface area contributed by atoms with E-state index in [1.807, 2.05) is 6.07 Å². The summed E-state index contributed by atoms with van der Waals surface area (Å²) in [5.41, 5.74) is 2.01. The molecule has 0 amide bonds. The Labute approximate surface area is 148 Å². The highest BCUT2D eigenvalue weighted by molar-refractivity contribution is 7.92. The van der Waals surface area contributed by atoms with Gasteiger partial charge in [-0.05, 0) is 38.5 Å². The van der Waals surface area contributed by atoms with Crippen LogP contribution in [0.4, 0.5) is 0 Å². The van der Waals surface area contributed by atoms with Crippen LogP contribution in [0, 0.1) is 0 Å². The molecule has 6 nitrogen and oxygen atoms in total. The first kappa shape index (κ1) is 17.9. The molecule has 0 fully saturated rings. The molecule has 3 rings (SSSR count). The lowest BCUT2D eigenvalue weighted by Gasteiger charge is -2.25. The summed E-state index contributed by atoms with van der Waals surface area (Å²) in [6, 6.07) is 11.3. The van der Waals surface area contributed by atoms with Crippen LogP contribution >= 0.6 is 0 Å². The van der Waals surface area contributed by atoms with Gasteiger partial charge in [-0.15, -0.1) is 0 Å². The maximum Gasteiger partial charge on any atom is 0.383 e. The molecule has 1 aliphatic heterocycles. The van der Waals surface area contributed by atoms with Gasteiger partial charge >= 0.3 is 10.3 Å². The van der Waals surface area contributed by atoms with E-state index in [-0.39, 0.29) is 10.6 Å². The van der Waals surface area contributed by atoms with Crippen LogP contribution in [0.15, 0.2) is 47.4 Å². The second kappa shape index (κ2) is 6.12. The van der Waals surface area contributed by atoms with Crippen LogP contribution in [0.25, 0.3) is 11.1 Å². The van der Waals surface area contributed by atoms with E-state index < -0.39 is 31.4 Å². The van der Waals surface area contributed by atoms with E-state index >= 15 is 0 Å². The molecule has 0 spiro atoms. The Morgan fingerprint density at radius 2 is 1.72 bits per heavy atom. The van der Waals surface area contributed by atoms with E-state index in [2.05, 4.69) is 4.72 Å². The van der Waals surface area contributed by atoms with Crippen molar-refractivity contribution >= 4 is 20.1 Å². The number of nitrogens with one attached hydrogen (secondary N) is 1. The monoisotopic (exact) mass is 381 g/mol. The molecule has 134 valence electrons. The van der Waals surface area contributed by atoms with E-state index in [0.717, 1.165) is 5.56 Å². The molecular formula is C17H19NO5S2. The number of hydrogen-bond acceptors (Lipinski definition) is 5. The third-order valence-electron chi connectivity index (χ3n) is 4.14. The van der Waals surface area contributed by atoms with E-state index in [0.29, 0.717) is 11.1 Å². The van der Waals surface area contributed by atoms with Crippen LogP contribution in [-0.4, -0.2) is 22.1 Å². The van der Waals surface area contributed by atoms with Gasteiger partial charge in [0.15, 0.2) is 15.6 Å². The largest absolute Gasteiger partial charge is 0.383 e. The van der Waals surface area contributed by atoms with Crippen LogP contribution < -0.4 is 8.91 Å². The summed E-state index contributed by atoms with van der Waals surface area (Å²) in [4.78, 5) is 0.236. The van der Waals surface area contributed by atoms with Crippen LogP contribution in [-0.2, 0) is 20.1 Å². The Morgan fingerprint density at radius 1 is 1.08 bits per heavy atom. The SMILES string of the molecule is CC1NS(=O)(=O)Oc2c(-c3ccc(S(=O)(=O)C(C)C)cc3)cccc21. The van der Waals surface area contributed by atoms with Crippen molar-refractivity contribution < 1.29 is 21.0 Å². The summed E-state index contributed by atoms with van der Waals surface area (Å²) in [6.07, 6.45) is 0. The molecule has 0 saturated heterocycles. The first-order valence-corrected chi connectivity index (χ1v) is 10.8. The van der Waals surface area contributed by atoms with Crippen molar-refractivity contribution in [2.75, 3.05) is 0 Å². The van der Waals surface area contributed by atoms with Gasteiger partial charge in [0.05, 0.1) is 16.2 Å². The first-order valence-electron chi connectivity index (χ1n) is 7.81. The Morgan fingerprint density at radius 3 is 2.32 bits per heavy atom. The Bertz CT molecular complexity index is 1010. The third-order valence-corrected chi connectivity index (χ3v) is 7.34. The second-order valence-corrected chi connectivity index (χ2v) is 10.0. The van der Waals surface area contributed by atoms with Gasteiger partial charge in [-0.3, -0.25) is 0 Å². The van der Waals surface area contributed by atoms with Crippen LogP contribution in [0.2, 0.25) is 0 Å². The number of para-hydroxylation sites is 1. The lowest BCUT2D eigenvalue weighted by atomic mass is 9.98. The fraction of sp³-hybridized carbons (Fsp3) is 0.294. The molecule has 0 aromatic heterocycles. The van der Waals surface area contributed by atoms with Crippen LogP contribution in [0.1, 0.15) is 32.4 Å². The van der Waals surface area contributed by atoms with Crippen LogP contribution in [0.3, 0.4) is 0 Å². The standard InChI is InChI=1S/C17H19NO5S2/c1-11(2)24(19,20)14-9-7-13(8-10-14)16-6-4-5-15-12(3)18-25(21,22)23-17(15)16/h4-12,18H,1-3H3. The molecule has 1 heterocycles. The average molecular weight is 381 g/mol. The van der Waals surface area contributed by atoms with Crippen molar-refractivity contribution in [2.45, 2.75) is 37.0 Å². The van der Waals surface area contributed by atoms with Crippen molar-refractivity contribution in [1.82, 2.24) is 4.72 Å². The van der Waals surface area contributed by atoms with E-state index in [1.54, 1.807) is 45.0 Å². The Balaban J connectivity index is 2.09. The lowest BCUT2D eigenvalue weighted by Crippen LogP contribution is -2.35. The number of hydrogen-bond donors (Lipinski definition) is 1. The van der Waals surface area contributed by atoms with Crippen molar-refractivity contribution in [2.24, 2.45) is 0 Å². The number of benzene rings is 2. The minimum absolute atomic E-state index is 0.236. The van der Waals surface area contributed by atoms with Gasteiger partial charge in [-0.25, -0.2) is 8.42 Å². The normalized spacial score (nSPS) is 19.3. The summed E-state index contributed by atoms with van der Waals surface area (Å²) in [5.74, 6) is 0.271. The maximum atomic E-state index is 12.2. The molecule has 2 aromatic rings. The zero-order valence-corrected chi connectivity index (χ0v) is 15.7. The van der Waals surface area contributed by atoms with Gasteiger partial charge in [0, 0.05) is 11.1 Å². The van der Waals surface area contributed by atoms with Gasteiger partial charge in [-0.1, -0.05) is 30.3 Å². The highest BCUT2D eigenvalue weighted by Crippen LogP contribution is 2.39. The van der Waals surface area contributed by atoms with Gasteiger partial charge in [-0.2, -0.15) is 13.1 Å². The predicted molar refractivity (Wildman–Crippen MR) is 95.3 cm³/mol. The van der Waals surface area contributed by atoms with E-state index in [4.69, 9.17) is 4.18 Å². The van der Waals surface area contributed by atoms with Gasteiger partial charge < -0.3 is 4.18 Å². The molecule has 2 aromatic carbocycles. The Kier molecular flexibility index (Phi) is 4.38. The maximum absolute atomic E-state index is 12.2. The number of rotatable bonds is 3. The van der Waals surface area contributed by atoms with Crippen molar-refractivity contribution in [3.8, 4) is 16.9 Å². The molecule has 1 unspecified atom stereocenters. The number of fused-ring (bicyclic) bond motifs is 1. The summed E-state index contributed by atoms with van der Waals surface area (Å²) in [6.45, 7) is 4.99. The highest BCUT2D eigenvalue weighted by Gasteiger charge is 2.30. The van der Waals surface area contributed by atoms with Crippen molar-refractivity contribution in [3.05, 3.63) is 48.0 Å². The van der Waals surface area contributed by atoms with E-state index in [9.17, 15) is 16.8 Å². The molecule has 0 radical (unpaired) electrons. The zero-order valence-electron chi connectivity index (χ0n) is 14.1. The number of sulfone groups is 1. The predicted octanol–water partition coefficient (Wildman–Crippen LogP) is 2.82. The smallest absolute Gasteiger partial charge is 0.370 e. The quantitative estimate of drug-likeness (QED) is 0.883. The minimum Gasteiger partial charge on any atom is -0.370 e. The fourth-order valence-electron chi connectivity index (χ4n) is 2.73. The summed E-state index contributed by atoms with van der Waals surface area (Å²) >= 11 is 0. The fourth-order valence-corrected chi connectivity index (χ4v) is 4.80. The lowest BCUT2D eigenvalue weighted by molar-refractivity contribution is 0.437. The summed E-state index contributed by atoms with van der Waals surface area (Å²) < 4.78 is 55.7. The van der Waals surface area contributed by atoms with Gasteiger partial charge in [0.2, 0.25) is 0 Å². The second-order valence-electron chi connectivity index (χ2n) is 6.22. The molecule has 0 bridgehead atoms. The molecule has 8 heteroatoms. The molecule has 1 N–H and O–H groups in total. The van der Waals surface area contributed by atoms with Crippen molar-refractivity contribution in [3.63, 3.8) is 0 Å². The van der Waals surface area contributed by atoms with Gasteiger partial charge in [0.25, 0.3) is 0 Å². The molecule has 1 aliphatic rings. The topological polar surface area (TPSA) is 89.5 Å². The zero-order chi connectivity index (χ0) is 18.4. The summed E-state index contributed by atoms with van der Waals surface area (Å²) in [5, 5.41) is -0.511. The van der Waals surface area contributed by atoms with E-state index in [1.165, 1.54) is 12.1 Å². The van der Waals surface area contributed by atoms with Gasteiger partial charge in [0.1, 0.15) is 0 Å². The highest BCUT2D eigenvalue weighted by atomic mass is 32.2. The average Bonchev–Trinajstić information content (AvgIpc) is 2.53. The summed E-state index contributed by atoms with van der Waals surface area (Å²) in [7, 11) is -7.22. The molecule has 25 heavy (non-hydrogen) atoms.